The summed E-state index contributed by atoms with van der Waals surface area (Å²) in [5.74, 6) is 1.52. The maximum absolute atomic E-state index is 5.15. The summed E-state index contributed by atoms with van der Waals surface area (Å²) in [6, 6.07) is 5.76. The summed E-state index contributed by atoms with van der Waals surface area (Å²) in [6.45, 7) is 0. The van der Waals surface area contributed by atoms with Crippen LogP contribution in [0.1, 0.15) is 0 Å². The fourth-order valence-electron chi connectivity index (χ4n) is 1.34. The highest BCUT2D eigenvalue weighted by molar-refractivity contribution is 5.80. The number of nitrogens with zero attached hydrogens (tertiary/aromatic N) is 3. The Balaban J connectivity index is 2.57. The molecule has 1 aromatic carbocycles. The first-order chi connectivity index (χ1) is 7.20. The van der Waals surface area contributed by atoms with Gasteiger partial charge >= 0.3 is 0 Å². The molecule has 0 aliphatic heterocycles. The summed E-state index contributed by atoms with van der Waals surface area (Å²) < 4.78 is 5.15. The van der Waals surface area contributed by atoms with Gasteiger partial charge in [0.15, 0.2) is 0 Å². The van der Waals surface area contributed by atoms with Gasteiger partial charge in [-0.05, 0) is 12.1 Å². The van der Waals surface area contributed by atoms with Gasteiger partial charge < -0.3 is 9.64 Å². The summed E-state index contributed by atoms with van der Waals surface area (Å²) >= 11 is 0. The van der Waals surface area contributed by atoms with E-state index in [1.807, 2.05) is 43.4 Å². The second kappa shape index (κ2) is 3.73. The molecule has 0 aliphatic rings. The summed E-state index contributed by atoms with van der Waals surface area (Å²) in [5, 5.41) is 1.02. The van der Waals surface area contributed by atoms with Crippen LogP contribution in [0.25, 0.3) is 10.9 Å². The Morgan fingerprint density at radius 1 is 1.27 bits per heavy atom. The lowest BCUT2D eigenvalue weighted by Gasteiger charge is -2.10. The van der Waals surface area contributed by atoms with E-state index in [1.165, 1.54) is 0 Å². The van der Waals surface area contributed by atoms with Gasteiger partial charge in [0.05, 0.1) is 12.6 Å². The minimum atomic E-state index is 0.704. The lowest BCUT2D eigenvalue weighted by atomic mass is 10.2. The van der Waals surface area contributed by atoms with E-state index in [0.717, 1.165) is 16.7 Å². The number of rotatable bonds is 2. The summed E-state index contributed by atoms with van der Waals surface area (Å²) in [5.41, 5.74) is 0.896. The van der Waals surface area contributed by atoms with Gasteiger partial charge in [-0.2, -0.15) is 0 Å². The van der Waals surface area contributed by atoms with Crippen LogP contribution in [0.15, 0.2) is 24.4 Å². The molecule has 0 fully saturated rings. The van der Waals surface area contributed by atoms with E-state index in [0.29, 0.717) is 5.95 Å². The Kier molecular flexibility index (Phi) is 2.41. The first-order valence-corrected chi connectivity index (χ1v) is 4.69. The van der Waals surface area contributed by atoms with E-state index in [9.17, 15) is 0 Å². The fraction of sp³-hybridized carbons (Fsp3) is 0.273. The molecule has 0 bridgehead atoms. The molecule has 4 nitrogen and oxygen atoms in total. The van der Waals surface area contributed by atoms with Crippen LogP contribution in [0.2, 0.25) is 0 Å². The van der Waals surface area contributed by atoms with E-state index in [-0.39, 0.29) is 0 Å². The van der Waals surface area contributed by atoms with Crippen molar-refractivity contribution in [2.45, 2.75) is 0 Å². The van der Waals surface area contributed by atoms with Gasteiger partial charge in [0.25, 0.3) is 0 Å². The van der Waals surface area contributed by atoms with Crippen LogP contribution in [-0.4, -0.2) is 31.2 Å². The number of fused-ring (bicyclic) bond motifs is 1. The van der Waals surface area contributed by atoms with Crippen molar-refractivity contribution in [1.82, 2.24) is 9.97 Å². The maximum Gasteiger partial charge on any atom is 0.225 e. The molecule has 0 N–H and O–H groups in total. The molecule has 0 atom stereocenters. The topological polar surface area (TPSA) is 38.2 Å². The van der Waals surface area contributed by atoms with Crippen LogP contribution in [0.3, 0.4) is 0 Å². The zero-order valence-electron chi connectivity index (χ0n) is 9.06. The van der Waals surface area contributed by atoms with Gasteiger partial charge in [-0.25, -0.2) is 9.97 Å². The third-order valence-corrected chi connectivity index (χ3v) is 2.18. The molecule has 15 heavy (non-hydrogen) atoms. The third kappa shape index (κ3) is 1.83. The Morgan fingerprint density at radius 2 is 2.07 bits per heavy atom. The Morgan fingerprint density at radius 3 is 2.73 bits per heavy atom. The standard InChI is InChI=1S/C11H13N3O/c1-14(2)11-12-7-8-4-5-9(15-3)6-10(8)13-11/h4-7H,1-3H3. The Labute approximate surface area is 88.5 Å². The lowest BCUT2D eigenvalue weighted by Crippen LogP contribution is -2.12. The van der Waals surface area contributed by atoms with Crippen LogP contribution in [0, 0.1) is 0 Å². The van der Waals surface area contributed by atoms with Gasteiger partial charge in [0.1, 0.15) is 5.75 Å². The number of anilines is 1. The summed E-state index contributed by atoms with van der Waals surface area (Å²) in [4.78, 5) is 10.5. The highest BCUT2D eigenvalue weighted by Gasteiger charge is 2.02. The number of hydrogen-bond donors (Lipinski definition) is 0. The highest BCUT2D eigenvalue weighted by Crippen LogP contribution is 2.19. The van der Waals surface area contributed by atoms with Gasteiger partial charge in [0.2, 0.25) is 5.95 Å². The van der Waals surface area contributed by atoms with Crippen molar-refractivity contribution in [2.75, 3.05) is 26.1 Å². The van der Waals surface area contributed by atoms with E-state index < -0.39 is 0 Å². The molecule has 0 spiro atoms. The minimum Gasteiger partial charge on any atom is -0.497 e. The van der Waals surface area contributed by atoms with Gasteiger partial charge in [0, 0.05) is 31.7 Å². The van der Waals surface area contributed by atoms with Gasteiger partial charge in [-0.15, -0.1) is 0 Å². The van der Waals surface area contributed by atoms with Crippen molar-refractivity contribution in [3.05, 3.63) is 24.4 Å². The molecule has 1 heterocycles. The van der Waals surface area contributed by atoms with E-state index in [4.69, 9.17) is 4.74 Å². The zero-order chi connectivity index (χ0) is 10.8. The maximum atomic E-state index is 5.15. The van der Waals surface area contributed by atoms with Crippen molar-refractivity contribution >= 4 is 16.9 Å². The predicted molar refractivity (Wildman–Crippen MR) is 60.4 cm³/mol. The fourth-order valence-corrected chi connectivity index (χ4v) is 1.34. The summed E-state index contributed by atoms with van der Waals surface area (Å²) in [7, 11) is 5.48. The molecule has 0 saturated carbocycles. The molecule has 0 unspecified atom stereocenters. The molecular formula is C11H13N3O. The highest BCUT2D eigenvalue weighted by atomic mass is 16.5. The molecule has 0 radical (unpaired) electrons. The number of benzene rings is 1. The summed E-state index contributed by atoms with van der Waals surface area (Å²) in [6.07, 6.45) is 1.82. The lowest BCUT2D eigenvalue weighted by molar-refractivity contribution is 0.415. The van der Waals surface area contributed by atoms with Crippen molar-refractivity contribution in [1.29, 1.82) is 0 Å². The second-order valence-corrected chi connectivity index (χ2v) is 3.49. The smallest absolute Gasteiger partial charge is 0.225 e. The number of aromatic nitrogens is 2. The number of ether oxygens (including phenoxy) is 1. The number of methoxy groups -OCH3 is 1. The normalized spacial score (nSPS) is 10.3. The zero-order valence-corrected chi connectivity index (χ0v) is 9.06. The molecule has 1 aromatic heterocycles. The Bertz CT molecular complexity index is 482. The van der Waals surface area contributed by atoms with E-state index in [2.05, 4.69) is 9.97 Å². The Hall–Kier alpha value is -1.84. The average molecular weight is 203 g/mol. The second-order valence-electron chi connectivity index (χ2n) is 3.49. The van der Waals surface area contributed by atoms with E-state index >= 15 is 0 Å². The minimum absolute atomic E-state index is 0.704. The van der Waals surface area contributed by atoms with Crippen LogP contribution in [-0.2, 0) is 0 Å². The van der Waals surface area contributed by atoms with Crippen LogP contribution in [0.4, 0.5) is 5.95 Å². The first-order valence-electron chi connectivity index (χ1n) is 4.69. The molecule has 78 valence electrons. The van der Waals surface area contributed by atoms with Crippen LogP contribution >= 0.6 is 0 Å². The molecule has 2 rings (SSSR count). The number of hydrogen-bond acceptors (Lipinski definition) is 4. The third-order valence-electron chi connectivity index (χ3n) is 2.18. The average Bonchev–Trinajstić information content (AvgIpc) is 2.27. The molecular weight excluding hydrogens is 190 g/mol. The van der Waals surface area contributed by atoms with Gasteiger partial charge in [-0.1, -0.05) is 0 Å². The molecule has 0 aliphatic carbocycles. The quantitative estimate of drug-likeness (QED) is 0.744. The monoisotopic (exact) mass is 203 g/mol. The molecule has 2 aromatic rings. The van der Waals surface area contributed by atoms with Crippen molar-refractivity contribution in [3.8, 4) is 5.75 Å². The molecule has 0 amide bonds. The predicted octanol–water partition coefficient (Wildman–Crippen LogP) is 1.70. The van der Waals surface area contributed by atoms with Crippen LogP contribution < -0.4 is 9.64 Å². The van der Waals surface area contributed by atoms with Crippen LogP contribution in [0.5, 0.6) is 5.75 Å². The van der Waals surface area contributed by atoms with Crippen molar-refractivity contribution < 1.29 is 4.74 Å². The largest absolute Gasteiger partial charge is 0.497 e. The van der Waals surface area contributed by atoms with Crippen molar-refractivity contribution in [2.24, 2.45) is 0 Å². The molecule has 4 heteroatoms. The van der Waals surface area contributed by atoms with Gasteiger partial charge in [-0.3, -0.25) is 0 Å². The first kappa shape index (κ1) is 9.71. The molecule has 0 saturated heterocycles. The van der Waals surface area contributed by atoms with Crippen molar-refractivity contribution in [3.63, 3.8) is 0 Å². The SMILES string of the molecule is COc1ccc2cnc(N(C)C)nc2c1. The van der Waals surface area contributed by atoms with E-state index in [1.54, 1.807) is 7.11 Å².